The number of carboxylic acids is 1. The van der Waals surface area contributed by atoms with E-state index in [1.807, 2.05) is 0 Å². The van der Waals surface area contributed by atoms with Crippen LogP contribution in [0.4, 0.5) is 10.1 Å². The van der Waals surface area contributed by atoms with Crippen molar-refractivity contribution in [1.29, 1.82) is 0 Å². The number of hydrogen-bond donors (Lipinski definition) is 2. The Morgan fingerprint density at radius 2 is 1.75 bits per heavy atom. The lowest BCUT2D eigenvalue weighted by molar-refractivity contribution is 0.0698. The number of nitrogens with one attached hydrogen (secondary N) is 1. The van der Waals surface area contributed by atoms with E-state index in [-0.39, 0.29) is 16.8 Å². The number of carbonyl (C=O) groups excluding carboxylic acids is 1. The van der Waals surface area contributed by atoms with Crippen LogP contribution >= 0.6 is 15.9 Å². The summed E-state index contributed by atoms with van der Waals surface area (Å²) in [5, 5.41) is 11.6. The van der Waals surface area contributed by atoms with Gasteiger partial charge in [-0.15, -0.1) is 0 Å². The number of hydrogen-bond acceptors (Lipinski definition) is 2. The van der Waals surface area contributed by atoms with Gasteiger partial charge in [0.25, 0.3) is 5.91 Å². The van der Waals surface area contributed by atoms with Gasteiger partial charge in [0, 0.05) is 10.0 Å². The van der Waals surface area contributed by atoms with E-state index in [2.05, 4.69) is 21.2 Å². The number of benzene rings is 2. The first kappa shape index (κ1) is 14.2. The van der Waals surface area contributed by atoms with E-state index in [4.69, 9.17) is 5.11 Å². The quantitative estimate of drug-likeness (QED) is 0.900. The van der Waals surface area contributed by atoms with Crippen LogP contribution < -0.4 is 5.32 Å². The van der Waals surface area contributed by atoms with Gasteiger partial charge in [-0.25, -0.2) is 9.18 Å². The molecule has 0 atom stereocenters. The molecule has 2 rings (SSSR count). The van der Waals surface area contributed by atoms with Crippen LogP contribution in [0.15, 0.2) is 46.9 Å². The summed E-state index contributed by atoms with van der Waals surface area (Å²) in [7, 11) is 0. The topological polar surface area (TPSA) is 66.4 Å². The van der Waals surface area contributed by atoms with Crippen LogP contribution in [-0.2, 0) is 0 Å². The highest BCUT2D eigenvalue weighted by atomic mass is 79.9. The molecule has 2 N–H and O–H groups in total. The van der Waals surface area contributed by atoms with Gasteiger partial charge >= 0.3 is 5.97 Å². The molecule has 0 unspecified atom stereocenters. The highest BCUT2D eigenvalue weighted by Crippen LogP contribution is 2.21. The van der Waals surface area contributed by atoms with E-state index in [0.29, 0.717) is 4.47 Å². The second kappa shape index (κ2) is 5.83. The summed E-state index contributed by atoms with van der Waals surface area (Å²) in [6, 6.07) is 9.46. The first-order valence-corrected chi connectivity index (χ1v) is 6.36. The van der Waals surface area contributed by atoms with Crippen molar-refractivity contribution in [2.75, 3.05) is 5.32 Å². The van der Waals surface area contributed by atoms with Gasteiger partial charge in [0.05, 0.1) is 11.3 Å². The predicted molar refractivity (Wildman–Crippen MR) is 75.5 cm³/mol. The van der Waals surface area contributed by atoms with Gasteiger partial charge in [-0.05, 0) is 42.5 Å². The fourth-order valence-corrected chi connectivity index (χ4v) is 1.96. The summed E-state index contributed by atoms with van der Waals surface area (Å²) in [4.78, 5) is 23.1. The minimum Gasteiger partial charge on any atom is -0.478 e. The standard InChI is InChI=1S/C14H9BrFNO3/c15-9-3-6-12(11(7-9)14(19)20)17-13(18)8-1-4-10(16)5-2-8/h1-7H,(H,17,18)(H,19,20). The summed E-state index contributed by atoms with van der Waals surface area (Å²) in [5.74, 6) is -2.10. The van der Waals surface area contributed by atoms with E-state index in [9.17, 15) is 14.0 Å². The van der Waals surface area contributed by atoms with Crippen LogP contribution in [0.2, 0.25) is 0 Å². The molecule has 0 radical (unpaired) electrons. The number of amides is 1. The molecular weight excluding hydrogens is 329 g/mol. The van der Waals surface area contributed by atoms with Gasteiger partial charge in [0.15, 0.2) is 0 Å². The maximum Gasteiger partial charge on any atom is 0.337 e. The highest BCUT2D eigenvalue weighted by molar-refractivity contribution is 9.10. The first-order valence-electron chi connectivity index (χ1n) is 5.57. The van der Waals surface area contributed by atoms with Crippen molar-refractivity contribution < 1.29 is 19.1 Å². The highest BCUT2D eigenvalue weighted by Gasteiger charge is 2.14. The Balaban J connectivity index is 2.28. The van der Waals surface area contributed by atoms with Gasteiger partial charge < -0.3 is 10.4 Å². The molecule has 0 spiro atoms. The van der Waals surface area contributed by atoms with Crippen molar-refractivity contribution in [3.63, 3.8) is 0 Å². The Labute approximate surface area is 122 Å². The fraction of sp³-hybridized carbons (Fsp3) is 0. The molecule has 4 nitrogen and oxygen atoms in total. The monoisotopic (exact) mass is 337 g/mol. The zero-order chi connectivity index (χ0) is 14.7. The van der Waals surface area contributed by atoms with Gasteiger partial charge in [-0.2, -0.15) is 0 Å². The molecular formula is C14H9BrFNO3. The summed E-state index contributed by atoms with van der Waals surface area (Å²) in [5.41, 5.74) is 0.385. The van der Waals surface area contributed by atoms with Crippen LogP contribution in [0.1, 0.15) is 20.7 Å². The summed E-state index contributed by atoms with van der Waals surface area (Å²) in [6.45, 7) is 0. The second-order valence-corrected chi connectivity index (χ2v) is 4.87. The maximum atomic E-state index is 12.8. The lowest BCUT2D eigenvalue weighted by Gasteiger charge is -2.09. The molecule has 0 aromatic heterocycles. The molecule has 0 heterocycles. The first-order chi connectivity index (χ1) is 9.47. The molecule has 0 saturated heterocycles. The summed E-state index contributed by atoms with van der Waals surface area (Å²) >= 11 is 3.17. The molecule has 6 heteroatoms. The fourth-order valence-electron chi connectivity index (χ4n) is 1.60. The molecule has 102 valence electrons. The average molecular weight is 338 g/mol. The van der Waals surface area contributed by atoms with Crippen LogP contribution in [0, 0.1) is 5.82 Å². The zero-order valence-electron chi connectivity index (χ0n) is 10.1. The Morgan fingerprint density at radius 3 is 2.35 bits per heavy atom. The maximum absolute atomic E-state index is 12.8. The molecule has 0 fully saturated rings. The largest absolute Gasteiger partial charge is 0.478 e. The Hall–Kier alpha value is -2.21. The second-order valence-electron chi connectivity index (χ2n) is 3.96. The Bertz CT molecular complexity index is 671. The third kappa shape index (κ3) is 3.21. The Kier molecular flexibility index (Phi) is 4.14. The van der Waals surface area contributed by atoms with E-state index in [1.165, 1.54) is 24.3 Å². The molecule has 1 amide bonds. The summed E-state index contributed by atoms with van der Waals surface area (Å²) in [6.07, 6.45) is 0. The Morgan fingerprint density at radius 1 is 1.10 bits per heavy atom. The number of aromatic carboxylic acids is 1. The van der Waals surface area contributed by atoms with Crippen molar-refractivity contribution in [2.24, 2.45) is 0 Å². The van der Waals surface area contributed by atoms with Crippen LogP contribution in [0.3, 0.4) is 0 Å². The van der Waals surface area contributed by atoms with Gasteiger partial charge in [-0.3, -0.25) is 4.79 Å². The smallest absolute Gasteiger partial charge is 0.337 e. The molecule has 20 heavy (non-hydrogen) atoms. The van der Waals surface area contributed by atoms with Crippen molar-refractivity contribution in [2.45, 2.75) is 0 Å². The van der Waals surface area contributed by atoms with E-state index in [1.54, 1.807) is 6.07 Å². The summed E-state index contributed by atoms with van der Waals surface area (Å²) < 4.78 is 13.4. The number of rotatable bonds is 3. The molecule has 2 aromatic carbocycles. The SMILES string of the molecule is O=C(Nc1ccc(Br)cc1C(=O)O)c1ccc(F)cc1. The van der Waals surface area contributed by atoms with Crippen LogP contribution in [0.25, 0.3) is 0 Å². The van der Waals surface area contributed by atoms with Crippen molar-refractivity contribution >= 4 is 33.5 Å². The molecule has 0 saturated carbocycles. The minimum atomic E-state index is -1.15. The number of anilines is 1. The predicted octanol–water partition coefficient (Wildman–Crippen LogP) is 3.54. The zero-order valence-corrected chi connectivity index (χ0v) is 11.6. The van der Waals surface area contributed by atoms with Crippen molar-refractivity contribution in [1.82, 2.24) is 0 Å². The number of carboxylic acid groups (broad SMARTS) is 1. The number of carbonyl (C=O) groups is 2. The molecule has 0 aliphatic rings. The average Bonchev–Trinajstić information content (AvgIpc) is 2.41. The van der Waals surface area contributed by atoms with Crippen molar-refractivity contribution in [3.05, 3.63) is 63.9 Å². The molecule has 2 aromatic rings. The lowest BCUT2D eigenvalue weighted by Crippen LogP contribution is -2.14. The normalized spacial score (nSPS) is 10.1. The van der Waals surface area contributed by atoms with Crippen LogP contribution in [-0.4, -0.2) is 17.0 Å². The molecule has 0 aliphatic carbocycles. The van der Waals surface area contributed by atoms with E-state index >= 15 is 0 Å². The van der Waals surface area contributed by atoms with Gasteiger partial charge in [-0.1, -0.05) is 15.9 Å². The molecule has 0 aliphatic heterocycles. The third-order valence-electron chi connectivity index (χ3n) is 2.57. The minimum absolute atomic E-state index is 0.0326. The van der Waals surface area contributed by atoms with Gasteiger partial charge in [0.2, 0.25) is 0 Å². The van der Waals surface area contributed by atoms with Gasteiger partial charge in [0.1, 0.15) is 5.82 Å². The lowest BCUT2D eigenvalue weighted by atomic mass is 10.1. The van der Waals surface area contributed by atoms with E-state index in [0.717, 1.165) is 12.1 Å². The van der Waals surface area contributed by atoms with E-state index < -0.39 is 17.7 Å². The number of halogens is 2. The third-order valence-corrected chi connectivity index (χ3v) is 3.06. The van der Waals surface area contributed by atoms with Crippen LogP contribution in [0.5, 0.6) is 0 Å². The van der Waals surface area contributed by atoms with Crippen molar-refractivity contribution in [3.8, 4) is 0 Å². The molecule has 0 bridgehead atoms.